The molecule has 20 heavy (non-hydrogen) atoms. The molecular formula is C15H19ClF3N. The molecule has 5 heteroatoms. The molecule has 1 saturated carbocycles. The van der Waals surface area contributed by atoms with E-state index in [0.29, 0.717) is 6.04 Å². The van der Waals surface area contributed by atoms with Crippen molar-refractivity contribution in [3.63, 3.8) is 0 Å². The molecule has 0 spiro atoms. The van der Waals surface area contributed by atoms with Gasteiger partial charge < -0.3 is 4.90 Å². The van der Waals surface area contributed by atoms with Crippen LogP contribution in [0.25, 0.3) is 0 Å². The lowest BCUT2D eigenvalue weighted by Gasteiger charge is -2.34. The smallest absolute Gasteiger partial charge is 0.306 e. The predicted molar refractivity (Wildman–Crippen MR) is 75.1 cm³/mol. The van der Waals surface area contributed by atoms with Crippen LogP contribution in [0.2, 0.25) is 5.02 Å². The third-order valence-corrected chi connectivity index (χ3v) is 4.31. The summed E-state index contributed by atoms with van der Waals surface area (Å²) in [5.41, 5.74) is 0.0725. The third-order valence-electron chi connectivity index (χ3n) is 4.10. The van der Waals surface area contributed by atoms with Gasteiger partial charge in [0, 0.05) is 11.1 Å². The first-order valence-electron chi connectivity index (χ1n) is 6.81. The van der Waals surface area contributed by atoms with Crippen LogP contribution in [-0.2, 0) is 6.18 Å². The van der Waals surface area contributed by atoms with Crippen LogP contribution in [0, 0.1) is 0 Å². The van der Waals surface area contributed by atoms with E-state index in [1.54, 1.807) is 6.07 Å². The summed E-state index contributed by atoms with van der Waals surface area (Å²) in [7, 11) is 4.04. The normalized spacial score (nSPS) is 24.1. The molecule has 1 aromatic rings. The third kappa shape index (κ3) is 3.67. The Morgan fingerprint density at radius 3 is 2.45 bits per heavy atom. The largest absolute Gasteiger partial charge is 0.416 e. The van der Waals surface area contributed by atoms with Crippen LogP contribution in [0.5, 0.6) is 0 Å². The quantitative estimate of drug-likeness (QED) is 0.747. The number of benzene rings is 1. The van der Waals surface area contributed by atoms with Gasteiger partial charge in [-0.1, -0.05) is 18.0 Å². The molecule has 1 aliphatic rings. The molecule has 0 N–H and O–H groups in total. The van der Waals surface area contributed by atoms with Crippen molar-refractivity contribution in [2.75, 3.05) is 14.1 Å². The molecule has 0 radical (unpaired) electrons. The molecule has 1 fully saturated rings. The highest BCUT2D eigenvalue weighted by atomic mass is 35.5. The van der Waals surface area contributed by atoms with E-state index in [1.807, 2.05) is 14.1 Å². The van der Waals surface area contributed by atoms with Crippen LogP contribution < -0.4 is 0 Å². The van der Waals surface area contributed by atoms with Gasteiger partial charge in [0.05, 0.1) is 5.56 Å². The summed E-state index contributed by atoms with van der Waals surface area (Å²) in [5.74, 6) is 0.163. The summed E-state index contributed by atoms with van der Waals surface area (Å²) in [6.45, 7) is 0. The first-order chi connectivity index (χ1) is 9.27. The van der Waals surface area contributed by atoms with Crippen LogP contribution in [0.3, 0.4) is 0 Å². The monoisotopic (exact) mass is 305 g/mol. The lowest BCUT2D eigenvalue weighted by atomic mass is 9.80. The zero-order valence-corrected chi connectivity index (χ0v) is 12.4. The SMILES string of the molecule is CN(C)[C@@H]1CCC[C@H](c2cc(Cl)cc(C(F)(F)F)c2)C1. The second-order valence-corrected chi connectivity index (χ2v) is 6.19. The highest BCUT2D eigenvalue weighted by molar-refractivity contribution is 6.30. The summed E-state index contributed by atoms with van der Waals surface area (Å²) in [6.07, 6.45) is -0.362. The van der Waals surface area contributed by atoms with Crippen molar-refractivity contribution in [3.05, 3.63) is 34.3 Å². The Balaban J connectivity index is 2.26. The van der Waals surface area contributed by atoms with Crippen molar-refractivity contribution in [1.82, 2.24) is 4.90 Å². The van der Waals surface area contributed by atoms with Gasteiger partial charge in [-0.2, -0.15) is 13.2 Å². The van der Waals surface area contributed by atoms with Gasteiger partial charge in [-0.25, -0.2) is 0 Å². The first-order valence-corrected chi connectivity index (χ1v) is 7.19. The van der Waals surface area contributed by atoms with Crippen molar-refractivity contribution < 1.29 is 13.2 Å². The lowest BCUT2D eigenvalue weighted by Crippen LogP contribution is -2.32. The van der Waals surface area contributed by atoms with Crippen LogP contribution in [-0.4, -0.2) is 25.0 Å². The minimum absolute atomic E-state index is 0.163. The van der Waals surface area contributed by atoms with Gasteiger partial charge in [-0.05, 0) is 63.0 Å². The predicted octanol–water partition coefficient (Wildman–Crippen LogP) is 4.95. The van der Waals surface area contributed by atoms with E-state index in [2.05, 4.69) is 4.90 Å². The highest BCUT2D eigenvalue weighted by Crippen LogP contribution is 2.38. The number of nitrogens with zero attached hydrogens (tertiary/aromatic N) is 1. The number of rotatable bonds is 2. The molecule has 2 rings (SSSR count). The standard InChI is InChI=1S/C15H19ClF3N/c1-20(2)14-5-3-4-10(8-14)11-6-12(15(17,18)19)9-13(16)7-11/h6-7,9-10,14H,3-5,8H2,1-2H3/t10-,14+/m0/s1. The number of hydrogen-bond donors (Lipinski definition) is 0. The van der Waals surface area contributed by atoms with Gasteiger partial charge in [0.25, 0.3) is 0 Å². The van der Waals surface area contributed by atoms with E-state index < -0.39 is 11.7 Å². The first kappa shape index (κ1) is 15.6. The Bertz CT molecular complexity index is 471. The van der Waals surface area contributed by atoms with E-state index >= 15 is 0 Å². The molecule has 0 aliphatic heterocycles. The molecule has 0 saturated heterocycles. The van der Waals surface area contributed by atoms with E-state index in [0.717, 1.165) is 37.3 Å². The molecular weight excluding hydrogens is 287 g/mol. The molecule has 0 heterocycles. The van der Waals surface area contributed by atoms with E-state index in [1.165, 1.54) is 6.07 Å². The maximum absolute atomic E-state index is 12.9. The Hall–Kier alpha value is -0.740. The summed E-state index contributed by atoms with van der Waals surface area (Å²) in [4.78, 5) is 2.15. The highest BCUT2D eigenvalue weighted by Gasteiger charge is 2.32. The van der Waals surface area contributed by atoms with E-state index in [9.17, 15) is 13.2 Å². The summed E-state index contributed by atoms with van der Waals surface area (Å²) < 4.78 is 38.6. The summed E-state index contributed by atoms with van der Waals surface area (Å²) in [6, 6.07) is 4.37. The minimum atomic E-state index is -4.34. The lowest BCUT2D eigenvalue weighted by molar-refractivity contribution is -0.137. The minimum Gasteiger partial charge on any atom is -0.306 e. The average Bonchev–Trinajstić information content (AvgIpc) is 2.37. The van der Waals surface area contributed by atoms with Gasteiger partial charge >= 0.3 is 6.18 Å². The Kier molecular flexibility index (Phi) is 4.65. The maximum Gasteiger partial charge on any atom is 0.416 e. The zero-order chi connectivity index (χ0) is 14.9. The second kappa shape index (κ2) is 5.94. The van der Waals surface area contributed by atoms with Gasteiger partial charge in [-0.15, -0.1) is 0 Å². The van der Waals surface area contributed by atoms with Gasteiger partial charge in [0.1, 0.15) is 0 Å². The Labute approximate surface area is 122 Å². The second-order valence-electron chi connectivity index (χ2n) is 5.75. The van der Waals surface area contributed by atoms with Crippen LogP contribution >= 0.6 is 11.6 Å². The number of alkyl halides is 3. The molecule has 0 aromatic heterocycles. The molecule has 112 valence electrons. The molecule has 1 aromatic carbocycles. The number of hydrogen-bond acceptors (Lipinski definition) is 1. The van der Waals surface area contributed by atoms with E-state index in [-0.39, 0.29) is 10.9 Å². The van der Waals surface area contributed by atoms with E-state index in [4.69, 9.17) is 11.6 Å². The van der Waals surface area contributed by atoms with Gasteiger partial charge in [-0.3, -0.25) is 0 Å². The molecule has 2 atom stereocenters. The van der Waals surface area contributed by atoms with Gasteiger partial charge in [0.2, 0.25) is 0 Å². The van der Waals surface area contributed by atoms with Crippen LogP contribution in [0.15, 0.2) is 18.2 Å². The van der Waals surface area contributed by atoms with Crippen LogP contribution in [0.1, 0.15) is 42.7 Å². The van der Waals surface area contributed by atoms with Crippen LogP contribution in [0.4, 0.5) is 13.2 Å². The molecule has 0 amide bonds. The number of halogens is 4. The molecule has 0 unspecified atom stereocenters. The summed E-state index contributed by atoms with van der Waals surface area (Å²) in [5, 5.41) is 0.168. The zero-order valence-electron chi connectivity index (χ0n) is 11.7. The fraction of sp³-hybridized carbons (Fsp3) is 0.600. The average molecular weight is 306 g/mol. The van der Waals surface area contributed by atoms with Crippen molar-refractivity contribution in [3.8, 4) is 0 Å². The van der Waals surface area contributed by atoms with Crippen molar-refractivity contribution in [1.29, 1.82) is 0 Å². The fourth-order valence-corrected chi connectivity index (χ4v) is 3.19. The molecule has 1 nitrogen and oxygen atoms in total. The van der Waals surface area contributed by atoms with Gasteiger partial charge in [0.15, 0.2) is 0 Å². The molecule has 0 bridgehead atoms. The van der Waals surface area contributed by atoms with Crippen molar-refractivity contribution >= 4 is 11.6 Å². The molecule has 1 aliphatic carbocycles. The van der Waals surface area contributed by atoms with Crippen molar-refractivity contribution in [2.24, 2.45) is 0 Å². The maximum atomic E-state index is 12.9. The summed E-state index contributed by atoms with van der Waals surface area (Å²) >= 11 is 5.86. The fourth-order valence-electron chi connectivity index (χ4n) is 2.95. The Morgan fingerprint density at radius 2 is 1.85 bits per heavy atom. The topological polar surface area (TPSA) is 3.24 Å². The van der Waals surface area contributed by atoms with Crippen molar-refractivity contribution in [2.45, 2.75) is 43.8 Å². The Morgan fingerprint density at radius 1 is 1.15 bits per heavy atom.